The van der Waals surface area contributed by atoms with E-state index in [-0.39, 0.29) is 0 Å². The fraction of sp³-hybridized carbons (Fsp3) is 0.938. The van der Waals surface area contributed by atoms with Crippen LogP contribution in [-0.2, 0) is 0 Å². The van der Waals surface area contributed by atoms with Crippen LogP contribution in [0.5, 0.6) is 0 Å². The number of fused-ring (bicyclic) bond motifs is 3. The maximum absolute atomic E-state index is 4.97. The lowest BCUT2D eigenvalue weighted by Crippen LogP contribution is -2.62. The lowest BCUT2D eigenvalue weighted by molar-refractivity contribution is 0.0173. The summed E-state index contributed by atoms with van der Waals surface area (Å²) in [6.07, 6.45) is 1.26. The summed E-state index contributed by atoms with van der Waals surface area (Å²) in [5, 5.41) is 3.49. The number of hydrogen-bond acceptors (Lipinski definition) is 3. The smallest absolute Gasteiger partial charge is 0.193 e. The molecule has 5 nitrogen and oxygen atoms in total. The minimum absolute atomic E-state index is 0.426. The molecule has 4 aliphatic rings. The predicted molar refractivity (Wildman–Crippen MR) is 87.8 cm³/mol. The van der Waals surface area contributed by atoms with E-state index in [1.165, 1.54) is 39.1 Å². The van der Waals surface area contributed by atoms with E-state index in [0.717, 1.165) is 32.1 Å². The second kappa shape index (κ2) is 6.13. The largest absolute Gasteiger partial charge is 0.357 e. The van der Waals surface area contributed by atoms with Gasteiger partial charge in [-0.3, -0.25) is 14.8 Å². The van der Waals surface area contributed by atoms with E-state index in [0.29, 0.717) is 11.5 Å². The van der Waals surface area contributed by atoms with Crippen molar-refractivity contribution in [3.8, 4) is 0 Å². The van der Waals surface area contributed by atoms with Crippen LogP contribution >= 0.6 is 0 Å². The lowest BCUT2D eigenvalue weighted by atomic mass is 9.93. The molecule has 1 unspecified atom stereocenters. The zero-order valence-electron chi connectivity index (χ0n) is 13.9. The molecule has 4 aliphatic heterocycles. The van der Waals surface area contributed by atoms with Crippen molar-refractivity contribution in [2.75, 3.05) is 58.9 Å². The molecule has 0 aromatic rings. The van der Waals surface area contributed by atoms with Crippen molar-refractivity contribution in [3.63, 3.8) is 0 Å². The van der Waals surface area contributed by atoms with Gasteiger partial charge >= 0.3 is 0 Å². The van der Waals surface area contributed by atoms with Crippen molar-refractivity contribution in [2.45, 2.75) is 33.2 Å². The summed E-state index contributed by atoms with van der Waals surface area (Å²) in [5.41, 5.74) is 0.426. The van der Waals surface area contributed by atoms with E-state index in [2.05, 4.69) is 40.8 Å². The van der Waals surface area contributed by atoms with Crippen molar-refractivity contribution in [3.05, 3.63) is 0 Å². The number of likely N-dealkylation sites (tertiary alicyclic amines) is 1. The van der Waals surface area contributed by atoms with Gasteiger partial charge in [-0.15, -0.1) is 0 Å². The van der Waals surface area contributed by atoms with Crippen LogP contribution < -0.4 is 5.32 Å². The zero-order chi connectivity index (χ0) is 14.9. The second-order valence-corrected chi connectivity index (χ2v) is 7.52. The van der Waals surface area contributed by atoms with E-state index in [1.807, 2.05) is 0 Å². The van der Waals surface area contributed by atoms with E-state index < -0.39 is 0 Å². The Hall–Kier alpha value is -0.810. The van der Waals surface area contributed by atoms with E-state index >= 15 is 0 Å². The molecule has 0 aromatic heterocycles. The van der Waals surface area contributed by atoms with Gasteiger partial charge in [0, 0.05) is 58.4 Å². The molecule has 0 amide bonds. The SMILES string of the molecule is CCNC(=NCC1CN2CCN1CC2)N1CCC(C)(C)C1. The third-order valence-electron chi connectivity index (χ3n) is 5.16. The topological polar surface area (TPSA) is 34.1 Å². The van der Waals surface area contributed by atoms with Crippen molar-refractivity contribution in [1.29, 1.82) is 0 Å². The van der Waals surface area contributed by atoms with Crippen molar-refractivity contribution >= 4 is 5.96 Å². The summed E-state index contributed by atoms with van der Waals surface area (Å²) in [6.45, 7) is 17.2. The molecule has 21 heavy (non-hydrogen) atoms. The van der Waals surface area contributed by atoms with Crippen molar-refractivity contribution < 1.29 is 0 Å². The molecule has 4 heterocycles. The summed E-state index contributed by atoms with van der Waals surface area (Å²) in [7, 11) is 0. The molecule has 120 valence electrons. The molecule has 4 rings (SSSR count). The van der Waals surface area contributed by atoms with E-state index in [4.69, 9.17) is 4.99 Å². The first-order valence-corrected chi connectivity index (χ1v) is 8.57. The molecule has 4 saturated heterocycles. The highest BCUT2D eigenvalue weighted by Crippen LogP contribution is 2.28. The molecule has 0 aromatic carbocycles. The number of piperazine rings is 3. The molecular weight excluding hydrogens is 262 g/mol. The first-order valence-electron chi connectivity index (χ1n) is 8.57. The second-order valence-electron chi connectivity index (χ2n) is 7.52. The van der Waals surface area contributed by atoms with Crippen LogP contribution in [0.3, 0.4) is 0 Å². The number of nitrogens with zero attached hydrogens (tertiary/aromatic N) is 4. The molecule has 5 heteroatoms. The molecule has 0 radical (unpaired) electrons. The highest BCUT2D eigenvalue weighted by atomic mass is 15.4. The minimum atomic E-state index is 0.426. The number of hydrogen-bond donors (Lipinski definition) is 1. The number of rotatable bonds is 3. The average molecular weight is 293 g/mol. The van der Waals surface area contributed by atoms with Gasteiger partial charge in [0.05, 0.1) is 6.54 Å². The van der Waals surface area contributed by atoms with Crippen LogP contribution in [-0.4, -0.2) is 85.6 Å². The average Bonchev–Trinajstić information content (AvgIpc) is 2.85. The highest BCUT2D eigenvalue weighted by molar-refractivity contribution is 5.80. The van der Waals surface area contributed by atoms with E-state index in [1.54, 1.807) is 0 Å². The summed E-state index contributed by atoms with van der Waals surface area (Å²) in [5.74, 6) is 1.13. The van der Waals surface area contributed by atoms with Gasteiger partial charge < -0.3 is 10.2 Å². The van der Waals surface area contributed by atoms with Gasteiger partial charge in [-0.05, 0) is 18.8 Å². The number of aliphatic imine (C=N–C) groups is 1. The summed E-state index contributed by atoms with van der Waals surface area (Å²) in [6, 6.07) is 0.622. The monoisotopic (exact) mass is 293 g/mol. The third kappa shape index (κ3) is 3.51. The fourth-order valence-corrected chi connectivity index (χ4v) is 3.81. The first-order chi connectivity index (χ1) is 10.1. The van der Waals surface area contributed by atoms with Gasteiger partial charge in [-0.2, -0.15) is 0 Å². The molecular formula is C16H31N5. The van der Waals surface area contributed by atoms with Crippen LogP contribution in [0.1, 0.15) is 27.2 Å². The van der Waals surface area contributed by atoms with Gasteiger partial charge in [0.2, 0.25) is 0 Å². The molecule has 1 N–H and O–H groups in total. The van der Waals surface area contributed by atoms with Crippen LogP contribution in [0.4, 0.5) is 0 Å². The van der Waals surface area contributed by atoms with Crippen LogP contribution in [0, 0.1) is 5.41 Å². The molecule has 1 atom stereocenters. The first kappa shape index (κ1) is 15.1. The van der Waals surface area contributed by atoms with Gasteiger partial charge in [0.15, 0.2) is 5.96 Å². The van der Waals surface area contributed by atoms with Crippen LogP contribution in [0.25, 0.3) is 0 Å². The van der Waals surface area contributed by atoms with E-state index in [9.17, 15) is 0 Å². The maximum atomic E-state index is 4.97. The summed E-state index contributed by atoms with van der Waals surface area (Å²) in [4.78, 5) is 12.6. The summed E-state index contributed by atoms with van der Waals surface area (Å²) >= 11 is 0. The Morgan fingerprint density at radius 1 is 1.19 bits per heavy atom. The lowest BCUT2D eigenvalue weighted by Gasteiger charge is -2.47. The Morgan fingerprint density at radius 2 is 1.95 bits per heavy atom. The quantitative estimate of drug-likeness (QED) is 0.613. The van der Waals surface area contributed by atoms with Crippen LogP contribution in [0.2, 0.25) is 0 Å². The maximum Gasteiger partial charge on any atom is 0.193 e. The molecule has 4 fully saturated rings. The Labute approximate surface area is 129 Å². The Balaban J connectivity index is 1.61. The Kier molecular flexibility index (Phi) is 4.41. The zero-order valence-corrected chi connectivity index (χ0v) is 13.9. The normalized spacial score (nSPS) is 35.3. The van der Waals surface area contributed by atoms with Crippen molar-refractivity contribution in [1.82, 2.24) is 20.0 Å². The highest BCUT2D eigenvalue weighted by Gasteiger charge is 2.33. The Bertz CT molecular complexity index is 384. The van der Waals surface area contributed by atoms with Gasteiger partial charge in [0.1, 0.15) is 0 Å². The van der Waals surface area contributed by atoms with Crippen LogP contribution in [0.15, 0.2) is 4.99 Å². The van der Waals surface area contributed by atoms with Gasteiger partial charge in [-0.1, -0.05) is 13.8 Å². The minimum Gasteiger partial charge on any atom is -0.357 e. The van der Waals surface area contributed by atoms with Crippen molar-refractivity contribution in [2.24, 2.45) is 10.4 Å². The van der Waals surface area contributed by atoms with Gasteiger partial charge in [-0.25, -0.2) is 0 Å². The fourth-order valence-electron chi connectivity index (χ4n) is 3.81. The standard InChI is InChI=1S/C16H31N5/c1-4-17-15(21-6-5-16(2,3)13-21)18-11-14-12-19-7-9-20(14)10-8-19/h14H,4-13H2,1-3H3,(H,17,18). The van der Waals surface area contributed by atoms with Gasteiger partial charge in [0.25, 0.3) is 0 Å². The third-order valence-corrected chi connectivity index (χ3v) is 5.16. The predicted octanol–water partition coefficient (Wildman–Crippen LogP) is 0.684. The number of guanidine groups is 1. The Morgan fingerprint density at radius 3 is 2.48 bits per heavy atom. The molecule has 0 saturated carbocycles. The number of nitrogens with one attached hydrogen (secondary N) is 1. The molecule has 2 bridgehead atoms. The molecule has 0 spiro atoms. The summed E-state index contributed by atoms with van der Waals surface area (Å²) < 4.78 is 0. The molecule has 0 aliphatic carbocycles.